The van der Waals surface area contributed by atoms with Crippen molar-refractivity contribution in [2.45, 2.75) is 27.7 Å². The third-order valence-electron chi connectivity index (χ3n) is 2.56. The Morgan fingerprint density at radius 2 is 1.54 bits per heavy atom. The van der Waals surface area contributed by atoms with Crippen molar-refractivity contribution in [2.24, 2.45) is 0 Å². The lowest BCUT2D eigenvalue weighted by Gasteiger charge is -2.10. The first-order valence-electron chi connectivity index (χ1n) is 4.24. The fraction of sp³-hybridized carbons (Fsp3) is 0.364. The molecular formula is C11H13O2. The summed E-state index contributed by atoms with van der Waals surface area (Å²) in [7, 11) is 0. The molecule has 0 saturated heterocycles. The molecule has 0 amide bonds. The molecular weight excluding hydrogens is 164 g/mol. The van der Waals surface area contributed by atoms with Crippen molar-refractivity contribution in [3.63, 3.8) is 0 Å². The molecule has 0 heterocycles. The normalized spacial score (nSPS) is 10.2. The number of hydrogen-bond donors (Lipinski definition) is 0. The third-order valence-corrected chi connectivity index (χ3v) is 2.56. The number of aryl methyl sites for hydroxylation is 2. The summed E-state index contributed by atoms with van der Waals surface area (Å²) in [5.74, 6) is -1.09. The van der Waals surface area contributed by atoms with Gasteiger partial charge in [0.25, 0.3) is 0 Å². The zero-order valence-electron chi connectivity index (χ0n) is 8.39. The molecule has 0 aliphatic heterocycles. The van der Waals surface area contributed by atoms with Gasteiger partial charge in [-0.3, -0.25) is 0 Å². The van der Waals surface area contributed by atoms with Crippen LogP contribution >= 0.6 is 0 Å². The second-order valence-corrected chi connectivity index (χ2v) is 3.42. The van der Waals surface area contributed by atoms with Gasteiger partial charge in [0, 0.05) is 0 Å². The van der Waals surface area contributed by atoms with Gasteiger partial charge in [-0.15, -0.1) is 0 Å². The van der Waals surface area contributed by atoms with Crippen LogP contribution in [-0.2, 0) is 5.11 Å². The van der Waals surface area contributed by atoms with E-state index in [0.717, 1.165) is 22.3 Å². The quantitative estimate of drug-likeness (QED) is 0.649. The molecule has 2 heteroatoms. The highest BCUT2D eigenvalue weighted by molar-refractivity contribution is 5.91. The molecule has 1 aromatic rings. The third kappa shape index (κ3) is 1.57. The molecule has 0 fully saturated rings. The van der Waals surface area contributed by atoms with Crippen molar-refractivity contribution in [1.82, 2.24) is 0 Å². The summed E-state index contributed by atoms with van der Waals surface area (Å²) >= 11 is 0. The van der Waals surface area contributed by atoms with Crippen LogP contribution in [0, 0.1) is 27.7 Å². The summed E-state index contributed by atoms with van der Waals surface area (Å²) in [5.41, 5.74) is 4.09. The molecule has 0 aliphatic carbocycles. The Kier molecular flexibility index (Phi) is 2.41. The monoisotopic (exact) mass is 177 g/mol. The summed E-state index contributed by atoms with van der Waals surface area (Å²) in [5, 5.41) is 10.8. The minimum absolute atomic E-state index is 0.336. The lowest BCUT2D eigenvalue weighted by Crippen LogP contribution is -2.04. The van der Waals surface area contributed by atoms with E-state index in [-0.39, 0.29) is 0 Å². The van der Waals surface area contributed by atoms with Crippen LogP contribution in [0.2, 0.25) is 0 Å². The van der Waals surface area contributed by atoms with Crippen LogP contribution in [0.3, 0.4) is 0 Å². The van der Waals surface area contributed by atoms with Crippen molar-refractivity contribution >= 4 is 5.97 Å². The number of rotatable bonds is 1. The first-order chi connectivity index (χ1) is 5.95. The largest absolute Gasteiger partial charge is 0.386 e. The van der Waals surface area contributed by atoms with Crippen LogP contribution < -0.4 is 0 Å². The Hall–Kier alpha value is -1.31. The first-order valence-corrected chi connectivity index (χ1v) is 4.24. The number of carbonyl (C=O) groups is 1. The Balaban J connectivity index is 3.53. The summed E-state index contributed by atoms with van der Waals surface area (Å²) in [6.45, 7) is 7.52. The van der Waals surface area contributed by atoms with E-state index in [0.29, 0.717) is 5.56 Å². The molecule has 1 radical (unpaired) electrons. The van der Waals surface area contributed by atoms with E-state index in [9.17, 15) is 9.90 Å². The minimum atomic E-state index is -1.09. The fourth-order valence-corrected chi connectivity index (χ4v) is 1.60. The van der Waals surface area contributed by atoms with E-state index >= 15 is 0 Å². The molecule has 0 N–H and O–H groups in total. The van der Waals surface area contributed by atoms with E-state index < -0.39 is 5.97 Å². The lowest BCUT2D eigenvalue weighted by atomic mass is 9.94. The van der Waals surface area contributed by atoms with Gasteiger partial charge < -0.3 is 0 Å². The predicted molar refractivity (Wildman–Crippen MR) is 50.4 cm³/mol. The van der Waals surface area contributed by atoms with Gasteiger partial charge in [-0.25, -0.2) is 9.90 Å². The van der Waals surface area contributed by atoms with Crippen molar-refractivity contribution in [1.29, 1.82) is 0 Å². The Morgan fingerprint density at radius 3 is 2.00 bits per heavy atom. The second kappa shape index (κ2) is 3.21. The molecule has 1 aromatic carbocycles. The van der Waals surface area contributed by atoms with Gasteiger partial charge in [-0.1, -0.05) is 6.07 Å². The molecule has 0 aromatic heterocycles. The molecule has 69 valence electrons. The van der Waals surface area contributed by atoms with Crippen molar-refractivity contribution < 1.29 is 9.90 Å². The van der Waals surface area contributed by atoms with Gasteiger partial charge in [0.2, 0.25) is 0 Å². The highest BCUT2D eigenvalue weighted by atomic mass is 16.4. The van der Waals surface area contributed by atoms with Crippen LogP contribution in [0.25, 0.3) is 0 Å². The Labute approximate surface area is 78.2 Å². The average molecular weight is 177 g/mol. The SMILES string of the molecule is Cc1cc(C)c(C([O])=O)c(C)c1C. The highest BCUT2D eigenvalue weighted by Gasteiger charge is 2.15. The molecule has 0 bridgehead atoms. The maximum Gasteiger partial charge on any atom is 0.386 e. The second-order valence-electron chi connectivity index (χ2n) is 3.42. The topological polar surface area (TPSA) is 37.0 Å². The number of benzene rings is 1. The molecule has 2 nitrogen and oxygen atoms in total. The van der Waals surface area contributed by atoms with E-state index in [2.05, 4.69) is 0 Å². The van der Waals surface area contributed by atoms with Crippen LogP contribution in [0.5, 0.6) is 0 Å². The van der Waals surface area contributed by atoms with Gasteiger partial charge >= 0.3 is 5.97 Å². The summed E-state index contributed by atoms with van der Waals surface area (Å²) in [6.07, 6.45) is 0. The van der Waals surface area contributed by atoms with Crippen LogP contribution in [0.4, 0.5) is 0 Å². The predicted octanol–water partition coefficient (Wildman–Crippen LogP) is 2.49. The molecule has 0 saturated carbocycles. The summed E-state index contributed by atoms with van der Waals surface area (Å²) in [4.78, 5) is 10.8. The summed E-state index contributed by atoms with van der Waals surface area (Å²) in [6, 6.07) is 1.88. The molecule has 0 unspecified atom stereocenters. The van der Waals surface area contributed by atoms with E-state index in [1.165, 1.54) is 0 Å². The fourth-order valence-electron chi connectivity index (χ4n) is 1.60. The van der Waals surface area contributed by atoms with Crippen molar-refractivity contribution in [2.75, 3.05) is 0 Å². The average Bonchev–Trinajstić information content (AvgIpc) is 1.99. The zero-order valence-corrected chi connectivity index (χ0v) is 8.39. The zero-order chi connectivity index (χ0) is 10.2. The van der Waals surface area contributed by atoms with Crippen LogP contribution in [0.1, 0.15) is 32.6 Å². The number of hydrogen-bond acceptors (Lipinski definition) is 1. The van der Waals surface area contributed by atoms with Gasteiger partial charge in [0.15, 0.2) is 0 Å². The standard InChI is InChI=1S/C11H13O2/c1-6-5-7(2)10(11(12)13)9(4)8(6)3/h5H,1-4H3. The maximum atomic E-state index is 10.8. The van der Waals surface area contributed by atoms with E-state index in [4.69, 9.17) is 0 Å². The lowest BCUT2D eigenvalue weighted by molar-refractivity contribution is 0.0571. The Morgan fingerprint density at radius 1 is 1.00 bits per heavy atom. The first kappa shape index (κ1) is 9.78. The molecule has 0 atom stereocenters. The van der Waals surface area contributed by atoms with Crippen LogP contribution in [0.15, 0.2) is 6.07 Å². The Bertz CT molecular complexity index is 365. The minimum Gasteiger partial charge on any atom is -0.241 e. The molecule has 0 aliphatic rings. The molecule has 1 rings (SSSR count). The smallest absolute Gasteiger partial charge is 0.241 e. The van der Waals surface area contributed by atoms with E-state index in [1.54, 1.807) is 6.92 Å². The molecule has 13 heavy (non-hydrogen) atoms. The maximum absolute atomic E-state index is 10.8. The van der Waals surface area contributed by atoms with Gasteiger partial charge in [0.05, 0.1) is 5.56 Å². The van der Waals surface area contributed by atoms with Crippen molar-refractivity contribution in [3.05, 3.63) is 33.9 Å². The highest BCUT2D eigenvalue weighted by Crippen LogP contribution is 2.21. The summed E-state index contributed by atoms with van der Waals surface area (Å²) < 4.78 is 0. The van der Waals surface area contributed by atoms with Gasteiger partial charge in [-0.2, -0.15) is 0 Å². The van der Waals surface area contributed by atoms with Crippen LogP contribution in [-0.4, -0.2) is 5.97 Å². The molecule has 0 spiro atoms. The van der Waals surface area contributed by atoms with Crippen molar-refractivity contribution in [3.8, 4) is 0 Å². The van der Waals surface area contributed by atoms with Gasteiger partial charge in [-0.05, 0) is 49.9 Å². The number of carbonyl (C=O) groups excluding carboxylic acids is 1. The van der Waals surface area contributed by atoms with Gasteiger partial charge in [0.1, 0.15) is 0 Å². The van der Waals surface area contributed by atoms with E-state index in [1.807, 2.05) is 26.8 Å².